The number of para-hydroxylation sites is 1. The first-order chi connectivity index (χ1) is 15.6. The molecule has 0 aliphatic carbocycles. The highest BCUT2D eigenvalue weighted by Crippen LogP contribution is 2.31. The number of hydrogen-bond acceptors (Lipinski definition) is 6. The fraction of sp³-hybridized carbons (Fsp3) is 0.304. The second-order valence-corrected chi connectivity index (χ2v) is 8.01. The molecule has 5 rings (SSSR count). The highest BCUT2D eigenvalue weighted by atomic mass is 16.5. The number of likely N-dealkylation sites (N-methyl/N-ethyl adjacent to an activating group) is 1. The summed E-state index contributed by atoms with van der Waals surface area (Å²) in [5, 5.41) is 13.0. The maximum absolute atomic E-state index is 13.0. The molecule has 0 radical (unpaired) electrons. The van der Waals surface area contributed by atoms with Crippen LogP contribution in [-0.4, -0.2) is 74.1 Å². The van der Waals surface area contributed by atoms with Crippen LogP contribution in [0.1, 0.15) is 22.2 Å². The maximum atomic E-state index is 13.0. The number of rotatable bonds is 4. The first-order valence-electron chi connectivity index (χ1n) is 10.5. The second-order valence-electron chi connectivity index (χ2n) is 8.01. The third-order valence-corrected chi connectivity index (χ3v) is 6.15. The van der Waals surface area contributed by atoms with Gasteiger partial charge in [-0.15, -0.1) is 5.10 Å². The fourth-order valence-corrected chi connectivity index (χ4v) is 4.29. The Bertz CT molecular complexity index is 1280. The number of carbonyl (C=O) groups is 1. The Kier molecular flexibility index (Phi) is 5.10. The summed E-state index contributed by atoms with van der Waals surface area (Å²) < 4.78 is 8.92. The Hall–Kier alpha value is -3.72. The van der Waals surface area contributed by atoms with Crippen LogP contribution >= 0.6 is 0 Å². The lowest BCUT2D eigenvalue weighted by molar-refractivity contribution is 0.0531. The summed E-state index contributed by atoms with van der Waals surface area (Å²) in [6.45, 7) is 1.96. The number of nitrogens with zero attached hydrogens (tertiary/aromatic N) is 7. The van der Waals surface area contributed by atoms with E-state index in [1.165, 1.54) is 0 Å². The number of benzene rings is 1. The third kappa shape index (κ3) is 3.40. The van der Waals surface area contributed by atoms with Gasteiger partial charge in [-0.05, 0) is 25.2 Å². The third-order valence-electron chi connectivity index (χ3n) is 6.15. The van der Waals surface area contributed by atoms with E-state index in [2.05, 4.69) is 33.4 Å². The Morgan fingerprint density at radius 3 is 2.72 bits per heavy atom. The number of piperazine rings is 1. The minimum atomic E-state index is -0.0458. The van der Waals surface area contributed by atoms with Crippen LogP contribution in [0.2, 0.25) is 0 Å². The maximum Gasteiger partial charge on any atom is 0.272 e. The van der Waals surface area contributed by atoms with Crippen LogP contribution in [0.25, 0.3) is 16.6 Å². The van der Waals surface area contributed by atoms with Crippen molar-refractivity contribution in [2.24, 2.45) is 7.05 Å². The number of fused-ring (bicyclic) bond motifs is 1. The molecule has 0 N–H and O–H groups in total. The summed E-state index contributed by atoms with van der Waals surface area (Å²) in [4.78, 5) is 17.1. The van der Waals surface area contributed by atoms with E-state index >= 15 is 0 Å². The van der Waals surface area contributed by atoms with Gasteiger partial charge in [0.25, 0.3) is 5.91 Å². The molecule has 0 unspecified atom stereocenters. The number of hydrogen-bond donors (Lipinski definition) is 0. The van der Waals surface area contributed by atoms with Crippen molar-refractivity contribution in [2.75, 3.05) is 33.8 Å². The zero-order valence-corrected chi connectivity index (χ0v) is 18.3. The molecule has 1 atom stereocenters. The van der Waals surface area contributed by atoms with Gasteiger partial charge >= 0.3 is 0 Å². The van der Waals surface area contributed by atoms with Crippen molar-refractivity contribution < 1.29 is 9.53 Å². The van der Waals surface area contributed by atoms with Crippen molar-refractivity contribution in [3.8, 4) is 16.9 Å². The summed E-state index contributed by atoms with van der Waals surface area (Å²) in [6, 6.07) is 13.7. The van der Waals surface area contributed by atoms with Crippen molar-refractivity contribution >= 4 is 11.4 Å². The van der Waals surface area contributed by atoms with Gasteiger partial charge < -0.3 is 9.64 Å². The molecule has 4 heterocycles. The van der Waals surface area contributed by atoms with Crippen LogP contribution < -0.4 is 4.74 Å². The van der Waals surface area contributed by atoms with Crippen LogP contribution in [0.3, 0.4) is 0 Å². The quantitative estimate of drug-likeness (QED) is 0.493. The van der Waals surface area contributed by atoms with Crippen molar-refractivity contribution in [3.63, 3.8) is 0 Å². The van der Waals surface area contributed by atoms with Gasteiger partial charge in [0.1, 0.15) is 17.1 Å². The lowest BCUT2D eigenvalue weighted by atomic mass is 10.0. The monoisotopic (exact) mass is 431 g/mol. The molecule has 1 saturated heterocycles. The van der Waals surface area contributed by atoms with Crippen LogP contribution in [-0.2, 0) is 7.05 Å². The largest absolute Gasteiger partial charge is 0.496 e. The zero-order chi connectivity index (χ0) is 22.2. The number of pyridine rings is 1. The number of aryl methyl sites for hydroxylation is 1. The minimum Gasteiger partial charge on any atom is -0.496 e. The Morgan fingerprint density at radius 1 is 1.09 bits per heavy atom. The van der Waals surface area contributed by atoms with Gasteiger partial charge in [-0.25, -0.2) is 4.52 Å². The molecule has 1 fully saturated rings. The molecule has 4 aromatic rings. The highest BCUT2D eigenvalue weighted by molar-refractivity contribution is 5.92. The Balaban J connectivity index is 1.46. The van der Waals surface area contributed by atoms with E-state index in [0.717, 1.165) is 34.6 Å². The van der Waals surface area contributed by atoms with Gasteiger partial charge in [-0.1, -0.05) is 29.5 Å². The molecule has 9 heteroatoms. The summed E-state index contributed by atoms with van der Waals surface area (Å²) in [7, 11) is 5.51. The molecule has 32 heavy (non-hydrogen) atoms. The predicted octanol–water partition coefficient (Wildman–Crippen LogP) is 2.27. The van der Waals surface area contributed by atoms with Crippen LogP contribution in [0.5, 0.6) is 5.75 Å². The van der Waals surface area contributed by atoms with E-state index in [0.29, 0.717) is 18.8 Å². The number of amides is 1. The topological polar surface area (TPSA) is 80.8 Å². The first-order valence-corrected chi connectivity index (χ1v) is 10.5. The molecule has 3 aromatic heterocycles. The number of aromatic nitrogens is 5. The number of methoxy groups -OCH3 is 1. The van der Waals surface area contributed by atoms with Crippen molar-refractivity contribution in [1.29, 1.82) is 0 Å². The van der Waals surface area contributed by atoms with Gasteiger partial charge in [-0.2, -0.15) is 5.10 Å². The van der Waals surface area contributed by atoms with E-state index in [9.17, 15) is 4.79 Å². The predicted molar refractivity (Wildman–Crippen MR) is 119 cm³/mol. The molecule has 164 valence electrons. The lowest BCUT2D eigenvalue weighted by Gasteiger charge is -2.38. The average Bonchev–Trinajstić information content (AvgIpc) is 3.44. The van der Waals surface area contributed by atoms with E-state index < -0.39 is 0 Å². The van der Waals surface area contributed by atoms with Gasteiger partial charge in [0.05, 0.1) is 18.7 Å². The van der Waals surface area contributed by atoms with E-state index in [1.807, 2.05) is 41.4 Å². The first kappa shape index (κ1) is 20.2. The van der Waals surface area contributed by atoms with E-state index in [-0.39, 0.29) is 11.9 Å². The molecule has 0 saturated carbocycles. The van der Waals surface area contributed by atoms with Crippen molar-refractivity contribution in [3.05, 3.63) is 66.2 Å². The minimum absolute atomic E-state index is 0.0157. The summed E-state index contributed by atoms with van der Waals surface area (Å²) in [5.41, 5.74) is 4.37. The standard InChI is InChI=1S/C23H25N7O2/c1-27-12-13-29(23(31)19-10-11-24-28(19)2)15-20(27)22-18-9-8-16(14-30(18)26-25-22)17-6-4-5-7-21(17)32-3/h4-11,14,20H,12-13,15H2,1-3H3/t20-/m0/s1. The van der Waals surface area contributed by atoms with Crippen molar-refractivity contribution in [2.45, 2.75) is 6.04 Å². The lowest BCUT2D eigenvalue weighted by Crippen LogP contribution is -2.49. The molecule has 0 spiro atoms. The molecule has 1 aliphatic heterocycles. The summed E-state index contributed by atoms with van der Waals surface area (Å²) in [5.74, 6) is 0.793. The Morgan fingerprint density at radius 2 is 1.94 bits per heavy atom. The van der Waals surface area contributed by atoms with Gasteiger partial charge in [0, 0.05) is 50.2 Å². The fourth-order valence-electron chi connectivity index (χ4n) is 4.29. The highest BCUT2D eigenvalue weighted by Gasteiger charge is 2.32. The molecule has 1 amide bonds. The average molecular weight is 432 g/mol. The number of ether oxygens (including phenoxy) is 1. The van der Waals surface area contributed by atoms with Crippen LogP contribution in [0, 0.1) is 0 Å². The SMILES string of the molecule is COc1ccccc1-c1ccc2c([C@@H]3CN(C(=O)c4ccnn4C)CCN3C)nnn2c1. The molecule has 1 aromatic carbocycles. The van der Waals surface area contributed by atoms with E-state index in [1.54, 1.807) is 35.6 Å². The molecule has 1 aliphatic rings. The smallest absolute Gasteiger partial charge is 0.272 e. The normalized spacial score (nSPS) is 17.1. The summed E-state index contributed by atoms with van der Waals surface area (Å²) in [6.07, 6.45) is 3.61. The molecular weight excluding hydrogens is 406 g/mol. The van der Waals surface area contributed by atoms with Crippen LogP contribution in [0.15, 0.2) is 54.9 Å². The molecule has 0 bridgehead atoms. The van der Waals surface area contributed by atoms with Gasteiger partial charge in [-0.3, -0.25) is 14.4 Å². The Labute approximate surface area is 185 Å². The summed E-state index contributed by atoms with van der Waals surface area (Å²) >= 11 is 0. The van der Waals surface area contributed by atoms with Crippen LogP contribution in [0.4, 0.5) is 0 Å². The number of carbonyl (C=O) groups excluding carboxylic acids is 1. The van der Waals surface area contributed by atoms with E-state index in [4.69, 9.17) is 4.74 Å². The molecule has 9 nitrogen and oxygen atoms in total. The van der Waals surface area contributed by atoms with Gasteiger partial charge in [0.15, 0.2) is 0 Å². The second kappa shape index (κ2) is 8.08. The zero-order valence-electron chi connectivity index (χ0n) is 18.3. The van der Waals surface area contributed by atoms with Gasteiger partial charge in [0.2, 0.25) is 0 Å². The molecular formula is C23H25N7O2. The van der Waals surface area contributed by atoms with Crippen molar-refractivity contribution in [1.82, 2.24) is 34.4 Å².